The Morgan fingerprint density at radius 3 is 2.73 bits per heavy atom. The van der Waals surface area contributed by atoms with Gasteiger partial charge in [-0.1, -0.05) is 25.1 Å². The molecule has 3 heterocycles. The molecule has 2 aromatic heterocycles. The van der Waals surface area contributed by atoms with E-state index in [4.69, 9.17) is 4.42 Å². The molecule has 1 unspecified atom stereocenters. The molecule has 0 aliphatic carbocycles. The number of nitrogens with one attached hydrogen (secondary N) is 1. The van der Waals surface area contributed by atoms with Gasteiger partial charge in [0.25, 0.3) is 5.91 Å². The minimum atomic E-state index is -3.55. The molecule has 0 spiro atoms. The Morgan fingerprint density at radius 2 is 1.97 bits per heavy atom. The van der Waals surface area contributed by atoms with E-state index in [1.165, 1.54) is 39.9 Å². The third kappa shape index (κ3) is 4.44. The van der Waals surface area contributed by atoms with Crippen LogP contribution in [0.5, 0.6) is 0 Å². The Hall–Kier alpha value is -3.01. The van der Waals surface area contributed by atoms with Crippen molar-refractivity contribution in [3.8, 4) is 11.5 Å². The number of piperidine rings is 1. The molecule has 0 bridgehead atoms. The first kappa shape index (κ1) is 21.8. The molecule has 7 nitrogen and oxygen atoms in total. The van der Waals surface area contributed by atoms with E-state index in [2.05, 4.69) is 17.2 Å². The van der Waals surface area contributed by atoms with Crippen LogP contribution in [0, 0.1) is 5.92 Å². The van der Waals surface area contributed by atoms with E-state index in [1.807, 2.05) is 35.7 Å². The molecular weight excluding hydrogens is 458 g/mol. The number of rotatable bonds is 5. The normalized spacial score (nSPS) is 17.3. The molecular formula is C24H23N3O4S2. The summed E-state index contributed by atoms with van der Waals surface area (Å²) in [6.45, 7) is 3.13. The number of aromatic nitrogens is 1. The first-order valence-electron chi connectivity index (χ1n) is 10.8. The fraction of sp³-hybridized carbons (Fsp3) is 0.250. The minimum Gasteiger partial charge on any atom is -0.454 e. The quantitative estimate of drug-likeness (QED) is 0.421. The summed E-state index contributed by atoms with van der Waals surface area (Å²) in [6.07, 6.45) is 1.91. The smallest absolute Gasteiger partial charge is 0.257 e. The maximum absolute atomic E-state index is 12.9. The van der Waals surface area contributed by atoms with E-state index >= 15 is 0 Å². The van der Waals surface area contributed by atoms with E-state index in [1.54, 1.807) is 0 Å². The predicted molar refractivity (Wildman–Crippen MR) is 129 cm³/mol. The molecule has 1 fully saturated rings. The lowest BCUT2D eigenvalue weighted by Crippen LogP contribution is -2.39. The van der Waals surface area contributed by atoms with Crippen molar-refractivity contribution in [3.05, 3.63) is 65.5 Å². The molecule has 33 heavy (non-hydrogen) atoms. The molecule has 170 valence electrons. The molecule has 2 aromatic carbocycles. The summed E-state index contributed by atoms with van der Waals surface area (Å²) >= 11 is 1.30. The largest absolute Gasteiger partial charge is 0.454 e. The molecule has 9 heteroatoms. The summed E-state index contributed by atoms with van der Waals surface area (Å²) in [5, 5.41) is 6.02. The third-order valence-electron chi connectivity index (χ3n) is 5.78. The Labute approximate surface area is 196 Å². The maximum atomic E-state index is 12.9. The highest BCUT2D eigenvalue weighted by Crippen LogP contribution is 2.30. The second-order valence-corrected chi connectivity index (χ2v) is 11.1. The van der Waals surface area contributed by atoms with E-state index in [0.29, 0.717) is 41.2 Å². The van der Waals surface area contributed by atoms with Crippen molar-refractivity contribution in [1.29, 1.82) is 0 Å². The minimum absolute atomic E-state index is 0.203. The van der Waals surface area contributed by atoms with Crippen LogP contribution in [0.15, 0.2) is 69.3 Å². The van der Waals surface area contributed by atoms with Crippen LogP contribution in [0.3, 0.4) is 0 Å². The van der Waals surface area contributed by atoms with Crippen molar-refractivity contribution in [1.82, 2.24) is 9.29 Å². The zero-order valence-electron chi connectivity index (χ0n) is 18.0. The van der Waals surface area contributed by atoms with Gasteiger partial charge < -0.3 is 4.42 Å². The van der Waals surface area contributed by atoms with E-state index in [9.17, 15) is 13.2 Å². The van der Waals surface area contributed by atoms with Gasteiger partial charge in [-0.15, -0.1) is 11.3 Å². The number of hydrogen-bond acceptors (Lipinski definition) is 6. The highest BCUT2D eigenvalue weighted by molar-refractivity contribution is 7.89. The average Bonchev–Trinajstić information content (AvgIpc) is 3.46. The van der Waals surface area contributed by atoms with Crippen LogP contribution in [-0.2, 0) is 10.0 Å². The number of hydrogen-bond donors (Lipinski definition) is 1. The highest BCUT2D eigenvalue weighted by atomic mass is 32.2. The van der Waals surface area contributed by atoms with Gasteiger partial charge in [0.05, 0.1) is 4.90 Å². The summed E-state index contributed by atoms with van der Waals surface area (Å²) in [6, 6.07) is 15.7. The second kappa shape index (κ2) is 8.74. The van der Waals surface area contributed by atoms with Gasteiger partial charge in [0.1, 0.15) is 11.3 Å². The van der Waals surface area contributed by atoms with Crippen molar-refractivity contribution < 1.29 is 17.6 Å². The van der Waals surface area contributed by atoms with Crippen LogP contribution in [0.25, 0.3) is 22.4 Å². The van der Waals surface area contributed by atoms with Gasteiger partial charge in [-0.25, -0.2) is 13.4 Å². The maximum Gasteiger partial charge on any atom is 0.257 e. The molecule has 1 amide bonds. The molecule has 0 radical (unpaired) electrons. The number of benzene rings is 2. The first-order valence-corrected chi connectivity index (χ1v) is 13.1. The average molecular weight is 482 g/mol. The predicted octanol–water partition coefficient (Wildman–Crippen LogP) is 5.23. The lowest BCUT2D eigenvalue weighted by molar-refractivity contribution is 0.102. The number of para-hydroxylation sites is 1. The first-order chi connectivity index (χ1) is 15.9. The summed E-state index contributed by atoms with van der Waals surface area (Å²) in [5.41, 5.74) is 1.78. The molecule has 0 saturated carbocycles. The summed E-state index contributed by atoms with van der Waals surface area (Å²) in [4.78, 5) is 17.3. The Balaban J connectivity index is 1.28. The van der Waals surface area contributed by atoms with Gasteiger partial charge in [0.2, 0.25) is 10.0 Å². The Kier molecular flexibility index (Phi) is 5.77. The molecule has 4 aromatic rings. The zero-order valence-corrected chi connectivity index (χ0v) is 19.7. The summed E-state index contributed by atoms with van der Waals surface area (Å²) in [7, 11) is -3.55. The lowest BCUT2D eigenvalue weighted by atomic mass is 10.0. The highest BCUT2D eigenvalue weighted by Gasteiger charge is 2.28. The van der Waals surface area contributed by atoms with Gasteiger partial charge in [0, 0.05) is 29.4 Å². The van der Waals surface area contributed by atoms with Crippen LogP contribution in [0.4, 0.5) is 5.13 Å². The number of carbonyl (C=O) groups is 1. The van der Waals surface area contributed by atoms with Crippen molar-refractivity contribution in [2.75, 3.05) is 18.4 Å². The van der Waals surface area contributed by atoms with E-state index in [0.717, 1.165) is 23.8 Å². The van der Waals surface area contributed by atoms with Gasteiger partial charge in [-0.2, -0.15) is 4.31 Å². The SMILES string of the molecule is CC1CCCN(S(=O)(=O)c2ccc(C(=O)Nc3nc(-c4cc5ccccc5o4)cs3)cc2)C1. The Morgan fingerprint density at radius 1 is 1.18 bits per heavy atom. The number of carbonyl (C=O) groups excluding carboxylic acids is 1. The van der Waals surface area contributed by atoms with Crippen molar-refractivity contribution in [2.24, 2.45) is 5.92 Å². The summed E-state index contributed by atoms with van der Waals surface area (Å²) in [5.74, 6) is 0.631. The standard InChI is InChI=1S/C24H23N3O4S2/c1-16-5-4-12-27(14-16)33(29,30)19-10-8-17(9-11-19)23(28)26-24-25-20(15-32-24)22-13-18-6-2-3-7-21(18)31-22/h2-3,6-11,13,15-16H,4-5,12,14H2,1H3,(H,25,26,28). The molecule has 1 atom stereocenters. The molecule has 1 saturated heterocycles. The topological polar surface area (TPSA) is 92.5 Å². The van der Waals surface area contributed by atoms with Gasteiger partial charge in [-0.05, 0) is 55.2 Å². The number of amides is 1. The molecule has 5 rings (SSSR count). The Bertz CT molecular complexity index is 1370. The van der Waals surface area contributed by atoms with E-state index < -0.39 is 10.0 Å². The van der Waals surface area contributed by atoms with E-state index in [-0.39, 0.29) is 10.8 Å². The number of nitrogens with zero attached hydrogens (tertiary/aromatic N) is 2. The van der Waals surface area contributed by atoms with Crippen LogP contribution in [0.1, 0.15) is 30.1 Å². The molecule has 1 aliphatic rings. The number of thiazole rings is 1. The fourth-order valence-electron chi connectivity index (χ4n) is 4.01. The number of furan rings is 1. The summed E-state index contributed by atoms with van der Waals surface area (Å²) < 4.78 is 33.2. The van der Waals surface area contributed by atoms with Crippen LogP contribution in [-0.4, -0.2) is 36.7 Å². The molecule has 1 N–H and O–H groups in total. The second-order valence-electron chi connectivity index (χ2n) is 8.28. The van der Waals surface area contributed by atoms with Gasteiger partial charge >= 0.3 is 0 Å². The lowest BCUT2D eigenvalue weighted by Gasteiger charge is -2.30. The van der Waals surface area contributed by atoms with Crippen molar-refractivity contribution in [3.63, 3.8) is 0 Å². The number of sulfonamides is 1. The van der Waals surface area contributed by atoms with Crippen molar-refractivity contribution in [2.45, 2.75) is 24.7 Å². The van der Waals surface area contributed by atoms with Gasteiger partial charge in [0.15, 0.2) is 10.9 Å². The van der Waals surface area contributed by atoms with Crippen LogP contribution in [0.2, 0.25) is 0 Å². The third-order valence-corrected chi connectivity index (χ3v) is 8.41. The number of anilines is 1. The zero-order chi connectivity index (χ0) is 23.0. The van der Waals surface area contributed by atoms with Crippen LogP contribution < -0.4 is 5.32 Å². The van der Waals surface area contributed by atoms with Gasteiger partial charge in [-0.3, -0.25) is 10.1 Å². The number of fused-ring (bicyclic) bond motifs is 1. The van der Waals surface area contributed by atoms with Crippen LogP contribution >= 0.6 is 11.3 Å². The monoisotopic (exact) mass is 481 g/mol. The fourth-order valence-corrected chi connectivity index (χ4v) is 6.31. The van der Waals surface area contributed by atoms with Crippen molar-refractivity contribution >= 4 is 43.4 Å². The molecule has 1 aliphatic heterocycles.